The number of nitrogens with two attached hydrogens (primary N) is 1. The van der Waals surface area contributed by atoms with Gasteiger partial charge in [-0.1, -0.05) is 23.2 Å². The summed E-state index contributed by atoms with van der Waals surface area (Å²) in [6.07, 6.45) is 0. The first-order valence-corrected chi connectivity index (χ1v) is 6.68. The second-order valence-corrected chi connectivity index (χ2v) is 4.92. The van der Waals surface area contributed by atoms with E-state index in [9.17, 15) is 0 Å². The summed E-state index contributed by atoms with van der Waals surface area (Å²) < 4.78 is 7.51. The fourth-order valence-corrected chi connectivity index (χ4v) is 2.12. The lowest BCUT2D eigenvalue weighted by molar-refractivity contribution is 0.292. The van der Waals surface area contributed by atoms with Crippen molar-refractivity contribution in [3.05, 3.63) is 39.6 Å². The third-order valence-electron chi connectivity index (χ3n) is 2.80. The summed E-state index contributed by atoms with van der Waals surface area (Å²) in [6.45, 7) is 4.97. The van der Waals surface area contributed by atoms with Crippen molar-refractivity contribution in [2.24, 2.45) is 0 Å². The van der Waals surface area contributed by atoms with Crippen LogP contribution in [0.5, 0.6) is 5.75 Å². The van der Waals surface area contributed by atoms with Crippen LogP contribution in [-0.4, -0.2) is 9.78 Å². The SMILES string of the molecule is CCn1nc(C)c(Cl)c1COc1ccc(N)c(Cl)c1. The van der Waals surface area contributed by atoms with Crippen LogP contribution >= 0.6 is 23.2 Å². The summed E-state index contributed by atoms with van der Waals surface area (Å²) >= 11 is 12.1. The Bertz CT molecular complexity index is 596. The summed E-state index contributed by atoms with van der Waals surface area (Å²) in [5, 5.41) is 5.45. The van der Waals surface area contributed by atoms with Crippen LogP contribution in [0.3, 0.4) is 0 Å². The van der Waals surface area contributed by atoms with Crippen molar-refractivity contribution in [2.45, 2.75) is 27.0 Å². The molecule has 2 aromatic rings. The minimum Gasteiger partial charge on any atom is -0.487 e. The van der Waals surface area contributed by atoms with E-state index in [0.29, 0.717) is 28.1 Å². The maximum Gasteiger partial charge on any atom is 0.131 e. The van der Waals surface area contributed by atoms with Crippen LogP contribution in [0, 0.1) is 6.92 Å². The number of hydrogen-bond acceptors (Lipinski definition) is 3. The molecule has 0 saturated heterocycles. The van der Waals surface area contributed by atoms with Gasteiger partial charge in [-0.25, -0.2) is 0 Å². The number of nitrogens with zero attached hydrogens (tertiary/aromatic N) is 2. The van der Waals surface area contributed by atoms with E-state index in [4.69, 9.17) is 33.7 Å². The average molecular weight is 300 g/mol. The first-order chi connectivity index (χ1) is 9.02. The van der Waals surface area contributed by atoms with E-state index in [1.54, 1.807) is 18.2 Å². The normalized spacial score (nSPS) is 10.7. The van der Waals surface area contributed by atoms with Gasteiger partial charge in [0.1, 0.15) is 12.4 Å². The van der Waals surface area contributed by atoms with Crippen LogP contribution < -0.4 is 10.5 Å². The Morgan fingerprint density at radius 2 is 2.11 bits per heavy atom. The third-order valence-corrected chi connectivity index (χ3v) is 3.62. The van der Waals surface area contributed by atoms with Gasteiger partial charge in [-0.3, -0.25) is 4.68 Å². The van der Waals surface area contributed by atoms with E-state index in [0.717, 1.165) is 17.9 Å². The Balaban J connectivity index is 2.16. The Labute approximate surface area is 122 Å². The molecule has 0 aliphatic carbocycles. The molecule has 0 aliphatic heterocycles. The fourth-order valence-electron chi connectivity index (χ4n) is 1.76. The molecule has 1 aromatic heterocycles. The molecule has 0 bridgehead atoms. The van der Waals surface area contributed by atoms with Gasteiger partial charge in [-0.05, 0) is 26.0 Å². The van der Waals surface area contributed by atoms with Crippen molar-refractivity contribution in [1.29, 1.82) is 0 Å². The molecule has 2 N–H and O–H groups in total. The highest BCUT2D eigenvalue weighted by Gasteiger charge is 2.13. The van der Waals surface area contributed by atoms with Crippen LogP contribution in [0.1, 0.15) is 18.3 Å². The molecule has 0 spiro atoms. The summed E-state index contributed by atoms with van der Waals surface area (Å²) in [6, 6.07) is 5.17. The number of halogens is 2. The van der Waals surface area contributed by atoms with Crippen LogP contribution in [0.4, 0.5) is 5.69 Å². The van der Waals surface area contributed by atoms with Gasteiger partial charge in [-0.2, -0.15) is 5.10 Å². The predicted molar refractivity (Wildman–Crippen MR) is 77.8 cm³/mol. The summed E-state index contributed by atoms with van der Waals surface area (Å²) in [5.41, 5.74) is 7.83. The minimum atomic E-state index is 0.341. The topological polar surface area (TPSA) is 53.1 Å². The first kappa shape index (κ1) is 14.0. The molecule has 19 heavy (non-hydrogen) atoms. The molecule has 0 fully saturated rings. The fraction of sp³-hybridized carbons (Fsp3) is 0.308. The average Bonchev–Trinajstić information content (AvgIpc) is 2.67. The van der Waals surface area contributed by atoms with Crippen molar-refractivity contribution in [1.82, 2.24) is 9.78 Å². The standard InChI is InChI=1S/C13H15Cl2N3O/c1-3-18-12(13(15)8(2)17-18)7-19-9-4-5-11(16)10(14)6-9/h4-6H,3,7,16H2,1-2H3. The second-order valence-electron chi connectivity index (χ2n) is 4.13. The molecular formula is C13H15Cl2N3O. The number of nitrogen functional groups attached to an aromatic ring is 1. The number of ether oxygens (including phenoxy) is 1. The highest BCUT2D eigenvalue weighted by Crippen LogP contribution is 2.26. The molecule has 1 aromatic carbocycles. The Morgan fingerprint density at radius 3 is 2.74 bits per heavy atom. The molecule has 0 atom stereocenters. The third kappa shape index (κ3) is 2.96. The van der Waals surface area contributed by atoms with E-state index in [1.807, 2.05) is 18.5 Å². The summed E-state index contributed by atoms with van der Waals surface area (Å²) in [5.74, 6) is 0.650. The van der Waals surface area contributed by atoms with Crippen molar-refractivity contribution in [2.75, 3.05) is 5.73 Å². The number of rotatable bonds is 4. The maximum absolute atomic E-state index is 6.21. The van der Waals surface area contributed by atoms with Crippen molar-refractivity contribution >= 4 is 28.9 Å². The predicted octanol–water partition coefficient (Wildman–Crippen LogP) is 3.68. The molecular weight excluding hydrogens is 285 g/mol. The minimum absolute atomic E-state index is 0.341. The van der Waals surface area contributed by atoms with E-state index < -0.39 is 0 Å². The maximum atomic E-state index is 6.21. The van der Waals surface area contributed by atoms with Gasteiger partial charge in [0.05, 0.1) is 27.1 Å². The lowest BCUT2D eigenvalue weighted by atomic mass is 10.3. The number of benzene rings is 1. The van der Waals surface area contributed by atoms with Gasteiger partial charge in [0.2, 0.25) is 0 Å². The number of aromatic nitrogens is 2. The Hall–Kier alpha value is -1.39. The zero-order chi connectivity index (χ0) is 14.0. The molecule has 0 unspecified atom stereocenters. The molecule has 2 rings (SSSR count). The molecule has 0 aliphatic rings. The number of anilines is 1. The Morgan fingerprint density at radius 1 is 1.37 bits per heavy atom. The molecule has 6 heteroatoms. The molecule has 0 saturated carbocycles. The van der Waals surface area contributed by atoms with Gasteiger partial charge in [0.25, 0.3) is 0 Å². The molecule has 102 valence electrons. The Kier molecular flexibility index (Phi) is 4.22. The summed E-state index contributed by atoms with van der Waals surface area (Å²) in [4.78, 5) is 0. The van der Waals surface area contributed by atoms with Gasteiger partial charge in [0.15, 0.2) is 0 Å². The number of aryl methyl sites for hydroxylation is 2. The largest absolute Gasteiger partial charge is 0.487 e. The van der Waals surface area contributed by atoms with E-state index in [-0.39, 0.29) is 0 Å². The first-order valence-electron chi connectivity index (χ1n) is 5.92. The van der Waals surface area contributed by atoms with Crippen molar-refractivity contribution < 1.29 is 4.74 Å². The van der Waals surface area contributed by atoms with Gasteiger partial charge >= 0.3 is 0 Å². The zero-order valence-electron chi connectivity index (χ0n) is 10.8. The monoisotopic (exact) mass is 299 g/mol. The molecule has 0 amide bonds. The summed E-state index contributed by atoms with van der Waals surface area (Å²) in [7, 11) is 0. The van der Waals surface area contributed by atoms with Crippen molar-refractivity contribution in [3.8, 4) is 5.75 Å². The number of hydrogen-bond donors (Lipinski definition) is 1. The smallest absolute Gasteiger partial charge is 0.131 e. The molecule has 0 radical (unpaired) electrons. The van der Waals surface area contributed by atoms with Gasteiger partial charge < -0.3 is 10.5 Å². The zero-order valence-corrected chi connectivity index (χ0v) is 12.3. The van der Waals surface area contributed by atoms with E-state index >= 15 is 0 Å². The van der Waals surface area contributed by atoms with Crippen molar-refractivity contribution in [3.63, 3.8) is 0 Å². The van der Waals surface area contributed by atoms with Crippen LogP contribution in [-0.2, 0) is 13.2 Å². The van der Waals surface area contributed by atoms with Crippen LogP contribution in [0.15, 0.2) is 18.2 Å². The second kappa shape index (κ2) is 5.72. The quantitative estimate of drug-likeness (QED) is 0.876. The highest BCUT2D eigenvalue weighted by atomic mass is 35.5. The molecule has 1 heterocycles. The van der Waals surface area contributed by atoms with Crippen LogP contribution in [0.2, 0.25) is 10.0 Å². The van der Waals surface area contributed by atoms with Gasteiger partial charge in [-0.15, -0.1) is 0 Å². The van der Waals surface area contributed by atoms with Gasteiger partial charge in [0, 0.05) is 12.6 Å². The van der Waals surface area contributed by atoms with E-state index in [1.165, 1.54) is 0 Å². The lowest BCUT2D eigenvalue weighted by Gasteiger charge is -2.09. The highest BCUT2D eigenvalue weighted by molar-refractivity contribution is 6.33. The molecule has 4 nitrogen and oxygen atoms in total. The van der Waals surface area contributed by atoms with E-state index in [2.05, 4.69) is 5.10 Å². The van der Waals surface area contributed by atoms with Crippen LogP contribution in [0.25, 0.3) is 0 Å². The lowest BCUT2D eigenvalue weighted by Crippen LogP contribution is -2.06.